The van der Waals surface area contributed by atoms with E-state index in [0.717, 1.165) is 11.5 Å². The molecule has 1 rings (SSSR count). The van der Waals surface area contributed by atoms with Crippen LogP contribution in [0.1, 0.15) is 48.5 Å². The number of hydrogen-bond acceptors (Lipinski definition) is 6. The van der Waals surface area contributed by atoms with E-state index >= 15 is 0 Å². The van der Waals surface area contributed by atoms with Crippen LogP contribution in [0.4, 0.5) is 0 Å². The summed E-state index contributed by atoms with van der Waals surface area (Å²) in [7, 11) is 0. The molecular formula is C11H17N3O3S. The molecule has 0 bridgehead atoms. The Bertz CT molecular complexity index is 417. The second-order valence-corrected chi connectivity index (χ2v) is 4.71. The van der Waals surface area contributed by atoms with Crippen molar-refractivity contribution >= 4 is 23.4 Å². The van der Waals surface area contributed by atoms with Gasteiger partial charge in [-0.25, -0.2) is 0 Å². The van der Waals surface area contributed by atoms with Gasteiger partial charge < -0.3 is 10.1 Å². The lowest BCUT2D eigenvalue weighted by Gasteiger charge is -2.05. The van der Waals surface area contributed by atoms with Crippen molar-refractivity contribution in [3.63, 3.8) is 0 Å². The van der Waals surface area contributed by atoms with Gasteiger partial charge >= 0.3 is 5.97 Å². The molecule has 0 aliphatic heterocycles. The third-order valence-corrected chi connectivity index (χ3v) is 2.93. The lowest BCUT2D eigenvalue weighted by molar-refractivity contribution is -0.142. The minimum atomic E-state index is -0.315. The van der Waals surface area contributed by atoms with Crippen molar-refractivity contribution in [3.8, 4) is 0 Å². The largest absolute Gasteiger partial charge is 0.466 e. The zero-order valence-corrected chi connectivity index (χ0v) is 11.5. The number of rotatable bonds is 6. The van der Waals surface area contributed by atoms with Crippen molar-refractivity contribution in [3.05, 3.63) is 10.6 Å². The van der Waals surface area contributed by atoms with Crippen LogP contribution >= 0.6 is 11.5 Å². The van der Waals surface area contributed by atoms with Gasteiger partial charge in [0, 0.05) is 6.54 Å². The minimum absolute atomic E-state index is 0.148. The first-order valence-corrected chi connectivity index (χ1v) is 6.59. The first kappa shape index (κ1) is 14.6. The molecule has 0 unspecified atom stereocenters. The summed E-state index contributed by atoms with van der Waals surface area (Å²) >= 11 is 1.07. The molecule has 1 aromatic heterocycles. The van der Waals surface area contributed by atoms with E-state index in [2.05, 4.69) is 14.9 Å². The molecule has 0 atom stereocenters. The van der Waals surface area contributed by atoms with E-state index in [-0.39, 0.29) is 30.8 Å². The lowest BCUT2D eigenvalue weighted by Crippen LogP contribution is -2.26. The molecule has 0 saturated heterocycles. The Morgan fingerprint density at radius 1 is 1.44 bits per heavy atom. The zero-order chi connectivity index (χ0) is 13.5. The molecule has 7 heteroatoms. The highest BCUT2D eigenvalue weighted by Crippen LogP contribution is 2.19. The van der Waals surface area contributed by atoms with Crippen molar-refractivity contribution in [1.82, 2.24) is 14.9 Å². The van der Waals surface area contributed by atoms with Crippen LogP contribution < -0.4 is 5.32 Å². The number of carbonyl (C=O) groups excluding carboxylic acids is 2. The summed E-state index contributed by atoms with van der Waals surface area (Å²) in [4.78, 5) is 23.4. The quantitative estimate of drug-likeness (QED) is 0.790. The van der Waals surface area contributed by atoms with Crippen LogP contribution in [0.2, 0.25) is 0 Å². The number of nitrogens with zero attached hydrogens (tertiary/aromatic N) is 2. The monoisotopic (exact) mass is 271 g/mol. The van der Waals surface area contributed by atoms with E-state index in [9.17, 15) is 9.59 Å². The number of hydrogen-bond donors (Lipinski definition) is 1. The summed E-state index contributed by atoms with van der Waals surface area (Å²) in [5, 5.41) is 6.59. The second-order valence-electron chi connectivity index (χ2n) is 3.95. The van der Waals surface area contributed by atoms with Gasteiger partial charge in [-0.2, -0.15) is 0 Å². The maximum atomic E-state index is 11.8. The smallest absolute Gasteiger partial charge is 0.307 e. The van der Waals surface area contributed by atoms with Crippen molar-refractivity contribution < 1.29 is 14.3 Å². The maximum Gasteiger partial charge on any atom is 0.307 e. The Morgan fingerprint density at radius 3 is 2.78 bits per heavy atom. The predicted molar refractivity (Wildman–Crippen MR) is 67.6 cm³/mol. The molecule has 0 fully saturated rings. The van der Waals surface area contributed by atoms with Gasteiger partial charge in [0.15, 0.2) is 0 Å². The predicted octanol–water partition coefficient (Wildman–Crippen LogP) is 1.34. The Balaban J connectivity index is 2.46. The van der Waals surface area contributed by atoms with E-state index in [1.807, 2.05) is 13.8 Å². The van der Waals surface area contributed by atoms with Gasteiger partial charge in [-0.3, -0.25) is 9.59 Å². The lowest BCUT2D eigenvalue weighted by atomic mass is 10.1. The molecule has 0 aliphatic carbocycles. The average molecular weight is 271 g/mol. The molecule has 1 N–H and O–H groups in total. The second kappa shape index (κ2) is 7.05. The molecule has 0 aliphatic rings. The molecule has 100 valence electrons. The fourth-order valence-corrected chi connectivity index (χ4v) is 2.06. The third kappa shape index (κ3) is 4.06. The van der Waals surface area contributed by atoms with E-state index in [1.54, 1.807) is 6.92 Å². The number of carbonyl (C=O) groups is 2. The Morgan fingerprint density at radius 2 is 2.17 bits per heavy atom. The van der Waals surface area contributed by atoms with E-state index in [0.29, 0.717) is 17.2 Å². The summed E-state index contributed by atoms with van der Waals surface area (Å²) in [6.45, 7) is 6.25. The van der Waals surface area contributed by atoms with Crippen LogP contribution in [0.25, 0.3) is 0 Å². The molecule has 0 radical (unpaired) electrons. The first-order valence-electron chi connectivity index (χ1n) is 5.82. The molecule has 1 amide bonds. The van der Waals surface area contributed by atoms with E-state index < -0.39 is 0 Å². The van der Waals surface area contributed by atoms with Gasteiger partial charge in [0.1, 0.15) is 4.88 Å². The number of ether oxygens (including phenoxy) is 1. The molecule has 0 saturated carbocycles. The van der Waals surface area contributed by atoms with Crippen LogP contribution in [0, 0.1) is 0 Å². The fraction of sp³-hybridized carbons (Fsp3) is 0.636. The van der Waals surface area contributed by atoms with Gasteiger partial charge in [0.25, 0.3) is 5.91 Å². The standard InChI is InChI=1S/C11H17N3O3S/c1-4-17-8(15)5-6-12-11(16)10-9(7(2)3)13-14-18-10/h7H,4-6H2,1-3H3,(H,12,16). The summed E-state index contributed by atoms with van der Waals surface area (Å²) in [5.41, 5.74) is 0.689. The molecule has 0 aromatic carbocycles. The summed E-state index contributed by atoms with van der Waals surface area (Å²) in [6.07, 6.45) is 0.169. The normalized spacial score (nSPS) is 10.4. The van der Waals surface area contributed by atoms with Crippen molar-refractivity contribution in [2.24, 2.45) is 0 Å². The topological polar surface area (TPSA) is 81.2 Å². The maximum absolute atomic E-state index is 11.8. The molecule has 0 spiro atoms. The van der Waals surface area contributed by atoms with E-state index in [4.69, 9.17) is 4.74 Å². The van der Waals surface area contributed by atoms with Crippen LogP contribution in [0.3, 0.4) is 0 Å². The minimum Gasteiger partial charge on any atom is -0.466 e. The number of amides is 1. The molecular weight excluding hydrogens is 254 g/mol. The van der Waals surface area contributed by atoms with Crippen LogP contribution in [0.5, 0.6) is 0 Å². The fourth-order valence-electron chi connectivity index (χ4n) is 1.32. The van der Waals surface area contributed by atoms with Crippen LogP contribution in [-0.2, 0) is 9.53 Å². The SMILES string of the molecule is CCOC(=O)CCNC(=O)c1snnc1C(C)C. The highest BCUT2D eigenvalue weighted by Gasteiger charge is 2.18. The zero-order valence-electron chi connectivity index (χ0n) is 10.7. The summed E-state index contributed by atoms with van der Waals surface area (Å²) in [5.74, 6) is -0.406. The van der Waals surface area contributed by atoms with E-state index in [1.165, 1.54) is 0 Å². The third-order valence-electron chi connectivity index (χ3n) is 2.19. The van der Waals surface area contributed by atoms with Gasteiger partial charge in [0.05, 0.1) is 18.7 Å². The average Bonchev–Trinajstić information content (AvgIpc) is 2.78. The van der Waals surface area contributed by atoms with Gasteiger partial charge in [0.2, 0.25) is 0 Å². The number of aromatic nitrogens is 2. The van der Waals surface area contributed by atoms with Crippen LogP contribution in [0.15, 0.2) is 0 Å². The first-order chi connectivity index (χ1) is 8.56. The van der Waals surface area contributed by atoms with Crippen molar-refractivity contribution in [2.75, 3.05) is 13.2 Å². The number of esters is 1. The number of nitrogens with one attached hydrogen (secondary N) is 1. The highest BCUT2D eigenvalue weighted by atomic mass is 32.1. The molecule has 1 aromatic rings. The summed E-state index contributed by atoms with van der Waals surface area (Å²) in [6, 6.07) is 0. The van der Waals surface area contributed by atoms with Crippen LogP contribution in [-0.4, -0.2) is 34.6 Å². The molecule has 18 heavy (non-hydrogen) atoms. The van der Waals surface area contributed by atoms with Gasteiger partial charge in [-0.1, -0.05) is 18.3 Å². The van der Waals surface area contributed by atoms with Gasteiger partial charge in [-0.05, 0) is 24.4 Å². The Hall–Kier alpha value is -1.50. The van der Waals surface area contributed by atoms with Gasteiger partial charge in [-0.15, -0.1) is 5.10 Å². The summed E-state index contributed by atoms with van der Waals surface area (Å²) < 4.78 is 8.54. The highest BCUT2D eigenvalue weighted by molar-refractivity contribution is 7.08. The Kier molecular flexibility index (Phi) is 5.70. The molecule has 6 nitrogen and oxygen atoms in total. The Labute approximate surface area is 110 Å². The van der Waals surface area contributed by atoms with Crippen molar-refractivity contribution in [2.45, 2.75) is 33.1 Å². The van der Waals surface area contributed by atoms with Crippen molar-refractivity contribution in [1.29, 1.82) is 0 Å². The molecule has 1 heterocycles.